The van der Waals surface area contributed by atoms with Gasteiger partial charge in [0.05, 0.1) is 15.8 Å². The number of nitrogens with zero attached hydrogens (tertiary/aromatic N) is 1. The summed E-state index contributed by atoms with van der Waals surface area (Å²) < 4.78 is 22.2. The van der Waals surface area contributed by atoms with Crippen LogP contribution in [-0.4, -0.2) is 31.5 Å². The van der Waals surface area contributed by atoms with Crippen LogP contribution >= 0.6 is 23.2 Å². The molecule has 0 bridgehead atoms. The molecule has 17 heavy (non-hydrogen) atoms. The van der Waals surface area contributed by atoms with Gasteiger partial charge in [0.1, 0.15) is 21.5 Å². The molecule has 1 heterocycles. The number of aromatic nitrogens is 1. The Morgan fingerprint density at radius 1 is 1.47 bits per heavy atom. The molecule has 1 aromatic rings. The third kappa shape index (κ3) is 4.57. The molecule has 1 atom stereocenters. The molecule has 0 aliphatic heterocycles. The van der Waals surface area contributed by atoms with Crippen molar-refractivity contribution in [2.45, 2.75) is 13.0 Å². The van der Waals surface area contributed by atoms with Gasteiger partial charge in [0.15, 0.2) is 0 Å². The number of rotatable bonds is 4. The summed E-state index contributed by atoms with van der Waals surface area (Å²) in [5, 5.41) is 3.43. The predicted octanol–water partition coefficient (Wildman–Crippen LogP) is 1.82. The lowest BCUT2D eigenvalue weighted by atomic mass is 10.3. The number of nitrogens with one attached hydrogen (secondary N) is 1. The van der Waals surface area contributed by atoms with E-state index < -0.39 is 9.84 Å². The highest BCUT2D eigenvalue weighted by Gasteiger charge is 2.13. The average Bonchev–Trinajstić information content (AvgIpc) is 2.11. The van der Waals surface area contributed by atoms with E-state index in [0.717, 1.165) is 6.26 Å². The summed E-state index contributed by atoms with van der Waals surface area (Å²) in [6.07, 6.45) is 1.16. The van der Waals surface area contributed by atoms with Gasteiger partial charge in [-0.1, -0.05) is 23.2 Å². The van der Waals surface area contributed by atoms with Crippen LogP contribution in [-0.2, 0) is 9.84 Å². The van der Waals surface area contributed by atoms with Crippen molar-refractivity contribution in [3.63, 3.8) is 0 Å². The van der Waals surface area contributed by atoms with Gasteiger partial charge in [-0.15, -0.1) is 0 Å². The van der Waals surface area contributed by atoms with Gasteiger partial charge in [-0.25, -0.2) is 13.4 Å². The van der Waals surface area contributed by atoms with Crippen LogP contribution in [0.2, 0.25) is 10.0 Å². The third-order valence-electron chi connectivity index (χ3n) is 1.89. The van der Waals surface area contributed by atoms with Crippen LogP contribution in [0, 0.1) is 0 Å². The van der Waals surface area contributed by atoms with Gasteiger partial charge in [-0.2, -0.15) is 0 Å². The maximum absolute atomic E-state index is 11.1. The number of nitrogens with two attached hydrogens (primary N) is 1. The van der Waals surface area contributed by atoms with Gasteiger partial charge in [0.25, 0.3) is 0 Å². The lowest BCUT2D eigenvalue weighted by molar-refractivity contribution is 0.598. The number of hydrogen-bond acceptors (Lipinski definition) is 5. The fourth-order valence-corrected chi connectivity index (χ4v) is 2.72. The quantitative estimate of drug-likeness (QED) is 0.885. The second kappa shape index (κ2) is 5.29. The zero-order valence-corrected chi connectivity index (χ0v) is 11.7. The molecule has 8 heteroatoms. The van der Waals surface area contributed by atoms with Crippen LogP contribution in [0.3, 0.4) is 0 Å². The van der Waals surface area contributed by atoms with Crippen LogP contribution in [0.4, 0.5) is 11.6 Å². The number of pyridine rings is 1. The van der Waals surface area contributed by atoms with Crippen molar-refractivity contribution in [2.75, 3.05) is 23.1 Å². The lowest BCUT2D eigenvalue weighted by Gasteiger charge is -2.15. The first-order chi connectivity index (χ1) is 7.69. The smallest absolute Gasteiger partial charge is 0.149 e. The zero-order chi connectivity index (χ0) is 13.2. The molecule has 3 N–H and O–H groups in total. The Morgan fingerprint density at radius 2 is 2.06 bits per heavy atom. The second-order valence-electron chi connectivity index (χ2n) is 3.82. The Bertz CT molecular complexity index is 519. The number of sulfone groups is 1. The molecule has 0 saturated heterocycles. The summed E-state index contributed by atoms with van der Waals surface area (Å²) in [7, 11) is -3.07. The normalized spacial score (nSPS) is 13.4. The number of hydrogen-bond donors (Lipinski definition) is 2. The van der Waals surface area contributed by atoms with E-state index in [1.807, 2.05) is 0 Å². The Kier molecular flexibility index (Phi) is 4.46. The number of anilines is 2. The molecule has 0 aromatic carbocycles. The van der Waals surface area contributed by atoms with Crippen molar-refractivity contribution in [3.05, 3.63) is 16.1 Å². The van der Waals surface area contributed by atoms with Crippen LogP contribution in [0.5, 0.6) is 0 Å². The summed E-state index contributed by atoms with van der Waals surface area (Å²) in [6.45, 7) is 1.71. The summed E-state index contributed by atoms with van der Waals surface area (Å²) in [6, 6.07) is 1.14. The van der Waals surface area contributed by atoms with Gasteiger partial charge in [0, 0.05) is 12.3 Å². The maximum atomic E-state index is 11.1. The first kappa shape index (κ1) is 14.3. The summed E-state index contributed by atoms with van der Waals surface area (Å²) in [5.41, 5.74) is 5.53. The topological polar surface area (TPSA) is 85.1 Å². The minimum Gasteiger partial charge on any atom is -0.382 e. The minimum absolute atomic E-state index is 0.0203. The molecule has 1 unspecified atom stereocenters. The molecular formula is C9H13Cl2N3O2S. The Labute approximate surface area is 110 Å². The van der Waals surface area contributed by atoms with E-state index in [-0.39, 0.29) is 22.6 Å². The first-order valence-electron chi connectivity index (χ1n) is 4.75. The standard InChI is InChI=1S/C9H13Cl2N3O2S/c1-5(4-17(2,15)16)13-9-7(11)3-6(10)8(12)14-9/h3,5H,4H2,1-2H3,(H3,12,13,14). The van der Waals surface area contributed by atoms with Crippen molar-refractivity contribution < 1.29 is 8.42 Å². The van der Waals surface area contributed by atoms with Gasteiger partial charge in [0.2, 0.25) is 0 Å². The fraction of sp³-hybridized carbons (Fsp3) is 0.444. The van der Waals surface area contributed by atoms with E-state index in [0.29, 0.717) is 10.8 Å². The van der Waals surface area contributed by atoms with E-state index >= 15 is 0 Å². The molecule has 96 valence electrons. The molecule has 0 fully saturated rings. The monoisotopic (exact) mass is 297 g/mol. The summed E-state index contributed by atoms with van der Waals surface area (Å²) >= 11 is 11.6. The van der Waals surface area contributed by atoms with E-state index in [9.17, 15) is 8.42 Å². The highest BCUT2D eigenvalue weighted by atomic mass is 35.5. The van der Waals surface area contributed by atoms with E-state index in [1.165, 1.54) is 6.07 Å². The first-order valence-corrected chi connectivity index (χ1v) is 7.56. The molecule has 1 rings (SSSR count). The minimum atomic E-state index is -3.07. The van der Waals surface area contributed by atoms with Crippen molar-refractivity contribution in [3.8, 4) is 0 Å². The predicted molar refractivity (Wildman–Crippen MR) is 71.5 cm³/mol. The summed E-state index contributed by atoms with van der Waals surface area (Å²) in [5.74, 6) is 0.447. The largest absolute Gasteiger partial charge is 0.382 e. The lowest BCUT2D eigenvalue weighted by Crippen LogP contribution is -2.25. The SMILES string of the molecule is CC(CS(C)(=O)=O)Nc1nc(N)c(Cl)cc1Cl. The Hall–Kier alpha value is -0.720. The van der Waals surface area contributed by atoms with Gasteiger partial charge in [-0.3, -0.25) is 0 Å². The average molecular weight is 298 g/mol. The highest BCUT2D eigenvalue weighted by Crippen LogP contribution is 2.27. The molecule has 0 aliphatic carbocycles. The molecule has 0 radical (unpaired) electrons. The molecule has 0 aliphatic rings. The van der Waals surface area contributed by atoms with Gasteiger partial charge in [-0.05, 0) is 13.0 Å². The van der Waals surface area contributed by atoms with Crippen LogP contribution < -0.4 is 11.1 Å². The molecule has 5 nitrogen and oxygen atoms in total. The van der Waals surface area contributed by atoms with Crippen molar-refractivity contribution in [2.24, 2.45) is 0 Å². The maximum Gasteiger partial charge on any atom is 0.149 e. The van der Waals surface area contributed by atoms with Crippen LogP contribution in [0.15, 0.2) is 6.07 Å². The number of halogens is 2. The van der Waals surface area contributed by atoms with E-state index in [2.05, 4.69) is 10.3 Å². The highest BCUT2D eigenvalue weighted by molar-refractivity contribution is 7.90. The second-order valence-corrected chi connectivity index (χ2v) is 6.82. The van der Waals surface area contributed by atoms with Crippen LogP contribution in [0.1, 0.15) is 6.92 Å². The molecule has 0 saturated carbocycles. The van der Waals surface area contributed by atoms with Crippen molar-refractivity contribution in [1.29, 1.82) is 0 Å². The van der Waals surface area contributed by atoms with Crippen molar-refractivity contribution >= 4 is 44.7 Å². The van der Waals surface area contributed by atoms with Crippen LogP contribution in [0.25, 0.3) is 0 Å². The molecular weight excluding hydrogens is 285 g/mol. The van der Waals surface area contributed by atoms with E-state index in [4.69, 9.17) is 28.9 Å². The van der Waals surface area contributed by atoms with E-state index in [1.54, 1.807) is 6.92 Å². The zero-order valence-electron chi connectivity index (χ0n) is 9.37. The number of nitrogen functional groups attached to an aromatic ring is 1. The molecule has 0 spiro atoms. The van der Waals surface area contributed by atoms with Crippen molar-refractivity contribution in [1.82, 2.24) is 4.98 Å². The fourth-order valence-electron chi connectivity index (χ4n) is 1.31. The third-order valence-corrected chi connectivity index (χ3v) is 3.59. The van der Waals surface area contributed by atoms with Gasteiger partial charge >= 0.3 is 0 Å². The Morgan fingerprint density at radius 3 is 2.59 bits per heavy atom. The summed E-state index contributed by atoms with van der Waals surface area (Å²) in [4.78, 5) is 3.95. The molecule has 1 aromatic heterocycles. The Balaban J connectivity index is 2.85. The van der Waals surface area contributed by atoms with Gasteiger partial charge < -0.3 is 11.1 Å². The molecule has 0 amide bonds.